The molecule has 1 aromatic rings. The molecule has 5 heterocycles. The first-order valence-corrected chi connectivity index (χ1v) is 6.51. The smallest absolute Gasteiger partial charge is 0.357 e. The fourth-order valence-electron chi connectivity index (χ4n) is 3.80. The van der Waals surface area contributed by atoms with Crippen molar-refractivity contribution in [1.29, 1.82) is 0 Å². The average Bonchev–Trinajstić information content (AvgIpc) is 2.80. The maximum atomic E-state index is 6.20. The number of hydrogen-bond donors (Lipinski definition) is 0. The summed E-state index contributed by atoms with van der Waals surface area (Å²) in [5.74, 6) is -0.164. The number of fused-ring (bicyclic) bond motifs is 2. The first kappa shape index (κ1) is 9.98. The largest absolute Gasteiger partial charge is 0.423 e. The van der Waals surface area contributed by atoms with Crippen molar-refractivity contribution < 1.29 is 18.9 Å². The van der Waals surface area contributed by atoms with Crippen molar-refractivity contribution in [3.63, 3.8) is 0 Å². The molecule has 0 aliphatic carbocycles. The van der Waals surface area contributed by atoms with E-state index in [2.05, 4.69) is 12.1 Å². The molecule has 92 valence electrons. The van der Waals surface area contributed by atoms with E-state index in [-0.39, 0.29) is 25.1 Å². The summed E-state index contributed by atoms with van der Waals surface area (Å²) < 4.78 is 23.7. The van der Waals surface area contributed by atoms with Gasteiger partial charge in [0.1, 0.15) is 12.7 Å². The molecule has 1 spiro atoms. The van der Waals surface area contributed by atoms with Gasteiger partial charge in [0.15, 0.2) is 5.79 Å². The summed E-state index contributed by atoms with van der Waals surface area (Å²) in [5.41, 5.74) is 1.19. The summed E-state index contributed by atoms with van der Waals surface area (Å²) in [7, 11) is 0. The summed E-state index contributed by atoms with van der Waals surface area (Å²) in [4.78, 5) is 0. The zero-order valence-electron chi connectivity index (χ0n) is 9.82. The Morgan fingerprint density at radius 2 is 2.11 bits per heavy atom. The molecule has 2 bridgehead atoms. The highest BCUT2D eigenvalue weighted by Crippen LogP contribution is 2.55. The third kappa shape index (κ3) is 1.03. The van der Waals surface area contributed by atoms with E-state index in [0.717, 1.165) is 0 Å². The first-order chi connectivity index (χ1) is 8.87. The summed E-state index contributed by atoms with van der Waals surface area (Å²) in [5, 5.41) is 0. The first-order valence-electron chi connectivity index (χ1n) is 6.51. The minimum absolute atomic E-state index is 0.0280. The topological polar surface area (TPSA) is 36.9 Å². The van der Waals surface area contributed by atoms with Gasteiger partial charge in [-0.25, -0.2) is 0 Å². The molecule has 5 aliphatic rings. The summed E-state index contributed by atoms with van der Waals surface area (Å²) in [6.07, 6.45) is 0.216. The summed E-state index contributed by atoms with van der Waals surface area (Å²) in [6, 6.07) is 10.4. The van der Waals surface area contributed by atoms with Crippen molar-refractivity contribution in [2.75, 3.05) is 13.2 Å². The highest BCUT2D eigenvalue weighted by Gasteiger charge is 2.74. The SMILES string of the molecule is c1ccc(B2O[C@@H]3[C@H]4CO[C@@]5(CO4)OC2[C@@H]35)cc1. The number of rotatable bonds is 1. The minimum atomic E-state index is -0.506. The maximum Gasteiger partial charge on any atom is 0.357 e. The van der Waals surface area contributed by atoms with Crippen LogP contribution in [0.25, 0.3) is 0 Å². The van der Waals surface area contributed by atoms with Gasteiger partial charge >= 0.3 is 6.92 Å². The van der Waals surface area contributed by atoms with Crippen molar-refractivity contribution in [3.8, 4) is 0 Å². The third-order valence-corrected chi connectivity index (χ3v) is 4.64. The van der Waals surface area contributed by atoms with E-state index >= 15 is 0 Å². The van der Waals surface area contributed by atoms with Gasteiger partial charge in [0.2, 0.25) is 0 Å². The maximum absolute atomic E-state index is 6.20. The van der Waals surface area contributed by atoms with Gasteiger partial charge < -0.3 is 18.9 Å². The van der Waals surface area contributed by atoms with Gasteiger partial charge in [-0.2, -0.15) is 0 Å². The van der Waals surface area contributed by atoms with Gasteiger partial charge in [0.05, 0.1) is 24.6 Å². The second-order valence-electron chi connectivity index (χ2n) is 5.51. The van der Waals surface area contributed by atoms with Gasteiger partial charge in [-0.3, -0.25) is 0 Å². The Balaban J connectivity index is 1.54. The van der Waals surface area contributed by atoms with E-state index in [4.69, 9.17) is 18.9 Å². The van der Waals surface area contributed by atoms with Crippen LogP contribution in [0.3, 0.4) is 0 Å². The van der Waals surface area contributed by atoms with Crippen LogP contribution in [-0.4, -0.2) is 44.1 Å². The number of hydrogen-bond acceptors (Lipinski definition) is 4. The molecule has 6 rings (SSSR count). The van der Waals surface area contributed by atoms with Crippen LogP contribution in [0.1, 0.15) is 0 Å². The van der Waals surface area contributed by atoms with Gasteiger partial charge in [-0.15, -0.1) is 0 Å². The molecule has 0 amide bonds. The lowest BCUT2D eigenvalue weighted by Gasteiger charge is -2.60. The monoisotopic (exact) mass is 244 g/mol. The highest BCUT2D eigenvalue weighted by molar-refractivity contribution is 6.69. The normalized spacial score (nSPS) is 47.9. The molecule has 0 N–H and O–H groups in total. The standard InChI is InChI=1S/C13H13BO4/c1-2-4-8(5-3-1)14-12-10-11(18-14)9-6-16-13(10,17-12)7-15-9/h1-5,9-12H,6-7H2/t9-,10-,11-,12?,13+/m1/s1. The lowest BCUT2D eigenvalue weighted by molar-refractivity contribution is -0.446. The van der Waals surface area contributed by atoms with Crippen LogP contribution in [-0.2, 0) is 18.9 Å². The fourth-order valence-corrected chi connectivity index (χ4v) is 3.80. The Kier molecular flexibility index (Phi) is 1.76. The molecule has 5 fully saturated rings. The van der Waals surface area contributed by atoms with Gasteiger partial charge in [0.25, 0.3) is 0 Å². The highest BCUT2D eigenvalue weighted by atomic mass is 16.8. The van der Waals surface area contributed by atoms with Crippen molar-refractivity contribution in [2.45, 2.75) is 24.0 Å². The average molecular weight is 244 g/mol. The zero-order valence-corrected chi connectivity index (χ0v) is 9.82. The lowest BCUT2D eigenvalue weighted by atomic mass is 9.51. The number of ether oxygens (including phenoxy) is 3. The van der Waals surface area contributed by atoms with Crippen LogP contribution >= 0.6 is 0 Å². The Morgan fingerprint density at radius 3 is 2.83 bits per heavy atom. The zero-order chi connectivity index (χ0) is 11.7. The van der Waals surface area contributed by atoms with Crippen molar-refractivity contribution in [2.24, 2.45) is 5.92 Å². The molecule has 5 saturated heterocycles. The van der Waals surface area contributed by atoms with Crippen LogP contribution in [0, 0.1) is 5.92 Å². The van der Waals surface area contributed by atoms with Crippen LogP contribution in [0.15, 0.2) is 30.3 Å². The van der Waals surface area contributed by atoms with Crippen LogP contribution in [0.4, 0.5) is 0 Å². The molecule has 5 heteroatoms. The molecule has 1 unspecified atom stereocenters. The van der Waals surface area contributed by atoms with Crippen LogP contribution in [0.2, 0.25) is 0 Å². The van der Waals surface area contributed by atoms with Crippen molar-refractivity contribution >= 4 is 12.4 Å². The van der Waals surface area contributed by atoms with Gasteiger partial charge in [-0.05, 0) is 5.46 Å². The Bertz CT molecular complexity index is 485. The molecule has 0 saturated carbocycles. The quantitative estimate of drug-likeness (QED) is 0.650. The van der Waals surface area contributed by atoms with Crippen LogP contribution in [0.5, 0.6) is 0 Å². The Hall–Kier alpha value is -0.875. The Labute approximate surface area is 105 Å². The van der Waals surface area contributed by atoms with E-state index in [1.807, 2.05) is 18.2 Å². The van der Waals surface area contributed by atoms with Crippen molar-refractivity contribution in [1.82, 2.24) is 0 Å². The summed E-state index contributed by atoms with van der Waals surface area (Å²) in [6.45, 7) is 1.18. The molecule has 0 aromatic heterocycles. The van der Waals surface area contributed by atoms with E-state index in [9.17, 15) is 0 Å². The molecule has 5 aliphatic heterocycles. The second-order valence-corrected chi connectivity index (χ2v) is 5.51. The van der Waals surface area contributed by atoms with E-state index in [1.165, 1.54) is 5.46 Å². The number of benzene rings is 1. The van der Waals surface area contributed by atoms with Gasteiger partial charge in [0, 0.05) is 0 Å². The predicted molar refractivity (Wildman–Crippen MR) is 63.5 cm³/mol. The van der Waals surface area contributed by atoms with Gasteiger partial charge in [-0.1, -0.05) is 30.3 Å². The molecule has 18 heavy (non-hydrogen) atoms. The molecular weight excluding hydrogens is 231 g/mol. The van der Waals surface area contributed by atoms with E-state index < -0.39 is 5.79 Å². The minimum Gasteiger partial charge on any atom is -0.423 e. The fraction of sp³-hybridized carbons (Fsp3) is 0.538. The second kappa shape index (κ2) is 3.17. The molecule has 1 aromatic carbocycles. The lowest BCUT2D eigenvalue weighted by Crippen LogP contribution is -2.75. The Morgan fingerprint density at radius 1 is 1.22 bits per heavy atom. The molecule has 5 atom stereocenters. The van der Waals surface area contributed by atoms with E-state index in [0.29, 0.717) is 19.1 Å². The molecular formula is C13H13BO4. The summed E-state index contributed by atoms with van der Waals surface area (Å²) >= 11 is 0. The van der Waals surface area contributed by atoms with Crippen molar-refractivity contribution in [3.05, 3.63) is 30.3 Å². The third-order valence-electron chi connectivity index (χ3n) is 4.64. The molecule has 0 radical (unpaired) electrons. The predicted octanol–water partition coefficient (Wildman–Crippen LogP) is -0.0366. The van der Waals surface area contributed by atoms with E-state index in [1.54, 1.807) is 0 Å². The van der Waals surface area contributed by atoms with Crippen LogP contribution < -0.4 is 5.46 Å². The molecule has 4 nitrogen and oxygen atoms in total.